The third-order valence-electron chi connectivity index (χ3n) is 12.8. The van der Waals surface area contributed by atoms with Crippen molar-refractivity contribution >= 4 is 33.2 Å². The molecule has 314 valence electrons. The fraction of sp³-hybridized carbons (Fsp3) is 0.643. The number of allylic oxidation sites excluding steroid dienone is 1. The SMILES string of the molecule is CC/C=C/[C@@](CN1CCN2CCOC[C@@H]2C1)(OCC(F)(F)F)[C@@H]1CC[C@H]1CN1C[C@@]2(CCCc3cc(Cl)ccc32)COc2ccc(C(=O)NS(=O)(=O)C(C)C)cc21. The summed E-state index contributed by atoms with van der Waals surface area (Å²) in [5.74, 6) is -0.469. The second-order valence-corrected chi connectivity index (χ2v) is 19.6. The highest BCUT2D eigenvalue weighted by Gasteiger charge is 2.52. The maximum Gasteiger partial charge on any atom is 0.411 e. The molecule has 1 amide bonds. The Morgan fingerprint density at radius 3 is 2.70 bits per heavy atom. The molecule has 5 aliphatic rings. The number of rotatable bonds is 12. The summed E-state index contributed by atoms with van der Waals surface area (Å²) in [5, 5.41) is -0.142. The minimum Gasteiger partial charge on any atom is -0.490 e. The van der Waals surface area contributed by atoms with Crippen LogP contribution in [0.1, 0.15) is 74.4 Å². The van der Waals surface area contributed by atoms with Gasteiger partial charge in [0.2, 0.25) is 10.0 Å². The van der Waals surface area contributed by atoms with Gasteiger partial charge in [0.25, 0.3) is 5.91 Å². The first-order valence-corrected chi connectivity index (χ1v) is 22.3. The Balaban J connectivity index is 1.25. The maximum atomic E-state index is 14.1. The largest absolute Gasteiger partial charge is 0.490 e. The molecule has 0 radical (unpaired) electrons. The first kappa shape index (κ1) is 42.3. The van der Waals surface area contributed by atoms with Crippen molar-refractivity contribution in [3.8, 4) is 5.75 Å². The van der Waals surface area contributed by atoms with E-state index in [1.165, 1.54) is 13.8 Å². The summed E-state index contributed by atoms with van der Waals surface area (Å²) in [5.41, 5.74) is 1.50. The molecular formula is C42H56ClF3N4O6S. The number of nitrogens with zero attached hydrogens (tertiary/aromatic N) is 3. The third-order valence-corrected chi connectivity index (χ3v) is 14.7. The fourth-order valence-electron chi connectivity index (χ4n) is 9.61. The Kier molecular flexibility index (Phi) is 12.6. The first-order valence-electron chi connectivity index (χ1n) is 20.4. The number of fused-ring (bicyclic) bond motifs is 4. The number of aryl methyl sites for hydroxylation is 1. The predicted molar refractivity (Wildman–Crippen MR) is 215 cm³/mol. The molecule has 0 bridgehead atoms. The number of alkyl halides is 3. The molecule has 5 atom stereocenters. The van der Waals surface area contributed by atoms with Gasteiger partial charge in [0.1, 0.15) is 18.0 Å². The van der Waals surface area contributed by atoms with E-state index in [9.17, 15) is 26.4 Å². The number of hydrogen-bond acceptors (Lipinski definition) is 9. The minimum absolute atomic E-state index is 0.0610. The number of sulfonamides is 1. The number of amides is 1. The van der Waals surface area contributed by atoms with Crippen LogP contribution in [-0.2, 0) is 31.3 Å². The number of hydrogen-bond donors (Lipinski definition) is 1. The highest BCUT2D eigenvalue weighted by atomic mass is 35.5. The molecule has 2 aromatic carbocycles. The van der Waals surface area contributed by atoms with Crippen LogP contribution in [-0.4, -0.2) is 119 Å². The van der Waals surface area contributed by atoms with Gasteiger partial charge in [-0.15, -0.1) is 0 Å². The molecule has 3 aliphatic heterocycles. The molecule has 2 aliphatic carbocycles. The lowest BCUT2D eigenvalue weighted by atomic mass is 9.63. The van der Waals surface area contributed by atoms with Crippen LogP contribution < -0.4 is 14.4 Å². The van der Waals surface area contributed by atoms with Gasteiger partial charge in [-0.05, 0) is 106 Å². The molecule has 15 heteroatoms. The molecule has 0 aromatic heterocycles. The van der Waals surface area contributed by atoms with E-state index in [0.717, 1.165) is 56.4 Å². The topological polar surface area (TPSA) is 101 Å². The van der Waals surface area contributed by atoms with E-state index < -0.39 is 45.0 Å². The van der Waals surface area contributed by atoms with Crippen molar-refractivity contribution in [3.63, 3.8) is 0 Å². The summed E-state index contributed by atoms with van der Waals surface area (Å²) >= 11 is 6.48. The Hall–Kier alpha value is -2.88. The van der Waals surface area contributed by atoms with Crippen molar-refractivity contribution in [3.05, 3.63) is 70.3 Å². The highest BCUT2D eigenvalue weighted by Crippen LogP contribution is 2.50. The molecule has 10 nitrogen and oxygen atoms in total. The van der Waals surface area contributed by atoms with E-state index in [-0.39, 0.29) is 23.4 Å². The molecule has 3 fully saturated rings. The van der Waals surface area contributed by atoms with Gasteiger partial charge in [0, 0.05) is 67.9 Å². The standard InChI is InChI=1S/C42H56ClF3N4O6S/c1-4-5-15-41(56-28-42(44,45)46,26-48-16-17-49-18-19-54-24-34(49)23-48)36-11-8-32(36)22-50-25-40(14-6-7-30-20-33(43)10-12-35(30)40)27-55-38-13-9-31(21-37(38)50)39(51)47-57(52,53)29(2)3/h5,9-10,12-13,15,20-21,29,32,34,36H,4,6-8,11,14,16-19,22-28H2,1-3H3,(H,47,51)/b15-5+/t32-,34-,36+,40-,41-/m0/s1. The summed E-state index contributed by atoms with van der Waals surface area (Å²) in [6.45, 7) is 9.72. The molecule has 7 rings (SSSR count). The molecule has 0 unspecified atom stereocenters. The summed E-state index contributed by atoms with van der Waals surface area (Å²) < 4.78 is 88.5. The molecule has 3 heterocycles. The zero-order valence-electron chi connectivity index (χ0n) is 33.2. The van der Waals surface area contributed by atoms with Crippen molar-refractivity contribution in [2.24, 2.45) is 11.8 Å². The smallest absolute Gasteiger partial charge is 0.411 e. The number of carbonyl (C=O) groups excluding carboxylic acids is 1. The third kappa shape index (κ3) is 9.31. The fourth-order valence-corrected chi connectivity index (χ4v) is 10.4. The molecule has 1 spiro atoms. The van der Waals surface area contributed by atoms with E-state index >= 15 is 0 Å². The second kappa shape index (κ2) is 17.0. The minimum atomic E-state index is -4.51. The number of halogens is 4. The first-order chi connectivity index (χ1) is 27.1. The molecule has 2 saturated heterocycles. The molecular weight excluding hydrogens is 781 g/mol. The van der Waals surface area contributed by atoms with Gasteiger partial charge >= 0.3 is 6.18 Å². The zero-order valence-corrected chi connectivity index (χ0v) is 34.7. The van der Waals surface area contributed by atoms with E-state index in [1.807, 2.05) is 31.2 Å². The van der Waals surface area contributed by atoms with Gasteiger partial charge in [-0.3, -0.25) is 14.6 Å². The predicted octanol–water partition coefficient (Wildman–Crippen LogP) is 6.61. The number of ether oxygens (including phenoxy) is 3. The molecule has 2 aromatic rings. The number of morpholine rings is 1. The van der Waals surface area contributed by atoms with Crippen molar-refractivity contribution in [2.45, 2.75) is 87.8 Å². The highest BCUT2D eigenvalue weighted by molar-refractivity contribution is 7.90. The lowest BCUT2D eigenvalue weighted by Crippen LogP contribution is -2.63. The van der Waals surface area contributed by atoms with Crippen LogP contribution in [0.25, 0.3) is 0 Å². The maximum absolute atomic E-state index is 14.1. The van der Waals surface area contributed by atoms with Gasteiger partial charge in [0.05, 0.1) is 30.8 Å². The zero-order chi connectivity index (χ0) is 40.6. The van der Waals surface area contributed by atoms with E-state index in [2.05, 4.69) is 25.5 Å². The van der Waals surface area contributed by atoms with Crippen LogP contribution in [0.3, 0.4) is 0 Å². The summed E-state index contributed by atoms with van der Waals surface area (Å²) in [4.78, 5) is 20.3. The van der Waals surface area contributed by atoms with Gasteiger partial charge < -0.3 is 19.1 Å². The van der Waals surface area contributed by atoms with Crippen LogP contribution >= 0.6 is 11.6 Å². The Morgan fingerprint density at radius 1 is 1.14 bits per heavy atom. The van der Waals surface area contributed by atoms with Crippen molar-refractivity contribution in [1.29, 1.82) is 0 Å². The normalized spacial score (nSPS) is 26.9. The number of piperazine rings is 1. The van der Waals surface area contributed by atoms with E-state index in [0.29, 0.717) is 75.3 Å². The summed E-state index contributed by atoms with van der Waals surface area (Å²) in [6.07, 6.45) is 4.11. The van der Waals surface area contributed by atoms with Gasteiger partial charge in [0.15, 0.2) is 0 Å². The monoisotopic (exact) mass is 836 g/mol. The van der Waals surface area contributed by atoms with Gasteiger partial charge in [-0.1, -0.05) is 36.7 Å². The van der Waals surface area contributed by atoms with Gasteiger partial charge in [-0.25, -0.2) is 13.1 Å². The van der Waals surface area contributed by atoms with Crippen LogP contribution in [0.15, 0.2) is 48.6 Å². The van der Waals surface area contributed by atoms with Gasteiger partial charge in [-0.2, -0.15) is 13.2 Å². The molecule has 1 saturated carbocycles. The second-order valence-electron chi connectivity index (χ2n) is 16.9. The van der Waals surface area contributed by atoms with E-state index in [1.54, 1.807) is 18.2 Å². The quantitative estimate of drug-likeness (QED) is 0.237. The van der Waals surface area contributed by atoms with Crippen molar-refractivity contribution < 1.29 is 40.6 Å². The molecule has 57 heavy (non-hydrogen) atoms. The van der Waals surface area contributed by atoms with Crippen molar-refractivity contribution in [2.75, 3.05) is 77.1 Å². The lowest BCUT2D eigenvalue weighted by Gasteiger charge is -2.53. The number of anilines is 1. The number of nitrogens with one attached hydrogen (secondary N) is 1. The Labute approximate surface area is 340 Å². The van der Waals surface area contributed by atoms with E-state index in [4.69, 9.17) is 25.8 Å². The van der Waals surface area contributed by atoms with Crippen LogP contribution in [0.5, 0.6) is 5.75 Å². The van der Waals surface area contributed by atoms with Crippen LogP contribution in [0, 0.1) is 11.8 Å². The van der Waals surface area contributed by atoms with Crippen LogP contribution in [0.2, 0.25) is 5.02 Å². The lowest BCUT2D eigenvalue weighted by molar-refractivity contribution is -0.219. The summed E-state index contributed by atoms with van der Waals surface area (Å²) in [6, 6.07) is 11.2. The average molecular weight is 837 g/mol. The Morgan fingerprint density at radius 2 is 1.96 bits per heavy atom. The Bertz CT molecular complexity index is 1920. The number of benzene rings is 2. The summed E-state index contributed by atoms with van der Waals surface area (Å²) in [7, 11) is -3.90. The van der Waals surface area contributed by atoms with Crippen molar-refractivity contribution in [1.82, 2.24) is 14.5 Å². The van der Waals surface area contributed by atoms with Crippen LogP contribution in [0.4, 0.5) is 18.9 Å². The number of carbonyl (C=O) groups is 1. The molecule has 1 N–H and O–H groups in total. The average Bonchev–Trinajstić information content (AvgIpc) is 3.30.